The fourth-order valence-corrected chi connectivity index (χ4v) is 3.18. The van der Waals surface area contributed by atoms with Crippen molar-refractivity contribution in [3.05, 3.63) is 0 Å². The van der Waals surface area contributed by atoms with Crippen LogP contribution in [0.4, 0.5) is 0 Å². The molecule has 1 saturated carbocycles. The second-order valence-corrected chi connectivity index (χ2v) is 5.02. The van der Waals surface area contributed by atoms with Gasteiger partial charge in [-0.15, -0.1) is 11.8 Å². The Bertz CT molecular complexity index is 134. The van der Waals surface area contributed by atoms with Gasteiger partial charge in [0.05, 0.1) is 10.7 Å². The van der Waals surface area contributed by atoms with Gasteiger partial charge in [-0.25, -0.2) is 10.9 Å². The lowest BCUT2D eigenvalue weighted by atomic mass is 10.1. The highest BCUT2D eigenvalue weighted by molar-refractivity contribution is 8.00. The highest BCUT2D eigenvalue weighted by Gasteiger charge is 2.30. The zero-order valence-corrected chi connectivity index (χ0v) is 7.79. The molecular weight excluding hydrogens is 156 g/mol. The molecule has 1 heterocycles. The molecule has 2 aliphatic rings. The van der Waals surface area contributed by atoms with E-state index in [2.05, 4.69) is 17.8 Å². The predicted molar refractivity (Wildman–Crippen MR) is 49.1 cm³/mol. The zero-order valence-electron chi connectivity index (χ0n) is 6.97. The van der Waals surface area contributed by atoms with Gasteiger partial charge >= 0.3 is 0 Å². The van der Waals surface area contributed by atoms with Crippen LogP contribution in [0.5, 0.6) is 0 Å². The molecular formula is C8H16N2S. The van der Waals surface area contributed by atoms with Crippen molar-refractivity contribution in [1.82, 2.24) is 10.9 Å². The Morgan fingerprint density at radius 1 is 1.18 bits per heavy atom. The third kappa shape index (κ3) is 1.71. The van der Waals surface area contributed by atoms with Crippen molar-refractivity contribution < 1.29 is 0 Å². The first kappa shape index (κ1) is 7.90. The SMILES string of the molecule is CC1NNC(C2CCCC2)S1. The van der Waals surface area contributed by atoms with E-state index >= 15 is 0 Å². The Balaban J connectivity index is 1.85. The summed E-state index contributed by atoms with van der Waals surface area (Å²) in [7, 11) is 0. The minimum Gasteiger partial charge on any atom is -0.244 e. The van der Waals surface area contributed by atoms with Crippen molar-refractivity contribution >= 4 is 11.8 Å². The van der Waals surface area contributed by atoms with Crippen molar-refractivity contribution in [2.24, 2.45) is 5.92 Å². The molecule has 0 aromatic carbocycles. The number of rotatable bonds is 1. The molecule has 64 valence electrons. The second-order valence-electron chi connectivity index (χ2n) is 3.53. The molecule has 2 nitrogen and oxygen atoms in total. The third-order valence-corrected chi connectivity index (χ3v) is 3.93. The topological polar surface area (TPSA) is 24.1 Å². The number of hydrogen-bond donors (Lipinski definition) is 2. The van der Waals surface area contributed by atoms with Gasteiger partial charge in [0.2, 0.25) is 0 Å². The van der Waals surface area contributed by atoms with Gasteiger partial charge in [-0.1, -0.05) is 12.8 Å². The summed E-state index contributed by atoms with van der Waals surface area (Å²) in [5.74, 6) is 0.928. The molecule has 2 fully saturated rings. The van der Waals surface area contributed by atoms with Gasteiger partial charge in [0.25, 0.3) is 0 Å². The molecule has 0 aromatic heterocycles. The first-order valence-electron chi connectivity index (χ1n) is 4.53. The van der Waals surface area contributed by atoms with E-state index in [1.54, 1.807) is 0 Å². The van der Waals surface area contributed by atoms with Gasteiger partial charge < -0.3 is 0 Å². The molecule has 0 radical (unpaired) electrons. The first-order chi connectivity index (χ1) is 5.36. The molecule has 3 heteroatoms. The van der Waals surface area contributed by atoms with Crippen LogP contribution in [0.2, 0.25) is 0 Å². The van der Waals surface area contributed by atoms with E-state index in [0.29, 0.717) is 10.7 Å². The molecule has 2 N–H and O–H groups in total. The van der Waals surface area contributed by atoms with E-state index in [-0.39, 0.29) is 0 Å². The molecule has 11 heavy (non-hydrogen) atoms. The van der Waals surface area contributed by atoms with E-state index in [9.17, 15) is 0 Å². The average molecular weight is 172 g/mol. The van der Waals surface area contributed by atoms with Crippen LogP contribution in [-0.4, -0.2) is 10.7 Å². The predicted octanol–water partition coefficient (Wildman–Crippen LogP) is 1.69. The van der Waals surface area contributed by atoms with E-state index < -0.39 is 0 Å². The highest BCUT2D eigenvalue weighted by Crippen LogP contribution is 2.35. The lowest BCUT2D eigenvalue weighted by Crippen LogP contribution is -2.35. The number of hydrazine groups is 1. The Labute approximate surface area is 72.5 Å². The quantitative estimate of drug-likeness (QED) is 0.629. The fourth-order valence-electron chi connectivity index (χ4n) is 1.98. The molecule has 1 aliphatic carbocycles. The van der Waals surface area contributed by atoms with Crippen LogP contribution in [0.25, 0.3) is 0 Å². The summed E-state index contributed by atoms with van der Waals surface area (Å²) in [6.45, 7) is 2.21. The average Bonchev–Trinajstić information content (AvgIpc) is 2.55. The number of hydrogen-bond acceptors (Lipinski definition) is 3. The molecule has 1 aliphatic heterocycles. The van der Waals surface area contributed by atoms with Gasteiger partial charge in [0.15, 0.2) is 0 Å². The molecule has 2 unspecified atom stereocenters. The Kier molecular flexibility index (Phi) is 2.39. The first-order valence-corrected chi connectivity index (χ1v) is 5.47. The van der Waals surface area contributed by atoms with E-state index in [4.69, 9.17) is 0 Å². The van der Waals surface area contributed by atoms with Crippen molar-refractivity contribution in [2.75, 3.05) is 0 Å². The molecule has 2 atom stereocenters. The van der Waals surface area contributed by atoms with Crippen LogP contribution < -0.4 is 10.9 Å². The number of nitrogens with one attached hydrogen (secondary N) is 2. The van der Waals surface area contributed by atoms with Gasteiger partial charge in [-0.2, -0.15) is 0 Å². The molecule has 0 amide bonds. The summed E-state index contributed by atoms with van der Waals surface area (Å²) in [5, 5.41) is 1.29. The Morgan fingerprint density at radius 2 is 1.91 bits per heavy atom. The van der Waals surface area contributed by atoms with Crippen molar-refractivity contribution in [3.8, 4) is 0 Å². The van der Waals surface area contributed by atoms with Crippen LogP contribution in [0.1, 0.15) is 32.6 Å². The summed E-state index contributed by atoms with van der Waals surface area (Å²) in [4.78, 5) is 0. The monoisotopic (exact) mass is 172 g/mol. The zero-order chi connectivity index (χ0) is 7.68. The van der Waals surface area contributed by atoms with Crippen LogP contribution >= 0.6 is 11.8 Å². The minimum atomic E-state index is 0.598. The van der Waals surface area contributed by atoms with Gasteiger partial charge in [0.1, 0.15) is 0 Å². The van der Waals surface area contributed by atoms with Crippen LogP contribution in [0.15, 0.2) is 0 Å². The largest absolute Gasteiger partial charge is 0.244 e. The van der Waals surface area contributed by atoms with Gasteiger partial charge in [-0.3, -0.25) is 0 Å². The molecule has 2 rings (SSSR count). The summed E-state index contributed by atoms with van der Waals surface area (Å²) < 4.78 is 0. The van der Waals surface area contributed by atoms with Crippen LogP contribution in [-0.2, 0) is 0 Å². The lowest BCUT2D eigenvalue weighted by molar-refractivity contribution is 0.429. The van der Waals surface area contributed by atoms with Crippen molar-refractivity contribution in [3.63, 3.8) is 0 Å². The van der Waals surface area contributed by atoms with Crippen LogP contribution in [0, 0.1) is 5.92 Å². The van der Waals surface area contributed by atoms with Gasteiger partial charge in [-0.05, 0) is 25.7 Å². The third-order valence-electron chi connectivity index (χ3n) is 2.61. The molecule has 0 aromatic rings. The minimum absolute atomic E-state index is 0.598. The van der Waals surface area contributed by atoms with Crippen LogP contribution in [0.3, 0.4) is 0 Å². The maximum atomic E-state index is 3.36. The second kappa shape index (κ2) is 3.33. The summed E-state index contributed by atoms with van der Waals surface area (Å²) in [5.41, 5.74) is 6.62. The van der Waals surface area contributed by atoms with E-state index in [1.165, 1.54) is 25.7 Å². The van der Waals surface area contributed by atoms with Crippen molar-refractivity contribution in [1.29, 1.82) is 0 Å². The summed E-state index contributed by atoms with van der Waals surface area (Å²) in [6, 6.07) is 0. The molecule has 0 bridgehead atoms. The summed E-state index contributed by atoms with van der Waals surface area (Å²) >= 11 is 2.04. The number of thioether (sulfide) groups is 1. The fraction of sp³-hybridized carbons (Fsp3) is 1.00. The smallest absolute Gasteiger partial charge is 0.0710 e. The highest BCUT2D eigenvalue weighted by atomic mass is 32.2. The van der Waals surface area contributed by atoms with E-state index in [1.807, 2.05) is 11.8 Å². The molecule has 0 spiro atoms. The van der Waals surface area contributed by atoms with Crippen molar-refractivity contribution in [2.45, 2.75) is 43.4 Å². The van der Waals surface area contributed by atoms with Gasteiger partial charge in [0, 0.05) is 0 Å². The Hall–Kier alpha value is 0.270. The standard InChI is InChI=1S/C8H16N2S/c1-6-9-10-8(11-6)7-4-2-3-5-7/h6-10H,2-5H2,1H3. The maximum absolute atomic E-state index is 3.36. The maximum Gasteiger partial charge on any atom is 0.0710 e. The van der Waals surface area contributed by atoms with E-state index in [0.717, 1.165) is 5.92 Å². The summed E-state index contributed by atoms with van der Waals surface area (Å²) in [6.07, 6.45) is 5.74. The normalized spacial score (nSPS) is 40.1. The Morgan fingerprint density at radius 3 is 2.45 bits per heavy atom. The lowest BCUT2D eigenvalue weighted by Gasteiger charge is -2.15. The molecule has 1 saturated heterocycles.